The molecule has 0 aliphatic carbocycles. The summed E-state index contributed by atoms with van der Waals surface area (Å²) in [6.45, 7) is 0.109. The monoisotopic (exact) mass is 338 g/mol. The Morgan fingerprint density at radius 3 is 2.70 bits per heavy atom. The maximum atomic E-state index is 13.6. The molecule has 3 nitrogen and oxygen atoms in total. The van der Waals surface area contributed by atoms with Crippen LogP contribution in [-0.4, -0.2) is 13.4 Å². The molecule has 0 N–H and O–H groups in total. The molecule has 0 heterocycles. The van der Waals surface area contributed by atoms with Crippen LogP contribution in [0.4, 0.5) is 4.39 Å². The van der Waals surface area contributed by atoms with Gasteiger partial charge in [-0.3, -0.25) is 4.79 Å². The second-order valence-corrected chi connectivity index (χ2v) is 4.97. The molecule has 0 fully saturated rings. The van der Waals surface area contributed by atoms with E-state index >= 15 is 0 Å². The van der Waals surface area contributed by atoms with Crippen LogP contribution in [0.2, 0.25) is 0 Å². The lowest BCUT2D eigenvalue weighted by Crippen LogP contribution is -2.01. The Kier molecular flexibility index (Phi) is 4.74. The molecule has 0 spiro atoms. The Bertz CT molecular complexity index is 629. The SMILES string of the molecule is COc1ccc(C=O)cc1COc1cc(Br)ccc1F. The molecule has 0 radical (unpaired) electrons. The van der Waals surface area contributed by atoms with Crippen LogP contribution in [0.15, 0.2) is 40.9 Å². The first kappa shape index (κ1) is 14.5. The van der Waals surface area contributed by atoms with Crippen LogP contribution in [0.25, 0.3) is 0 Å². The van der Waals surface area contributed by atoms with E-state index < -0.39 is 5.82 Å². The predicted molar refractivity (Wildman–Crippen MR) is 76.8 cm³/mol. The van der Waals surface area contributed by atoms with Crippen molar-refractivity contribution in [2.75, 3.05) is 7.11 Å². The predicted octanol–water partition coefficient (Wildman–Crippen LogP) is 3.99. The second kappa shape index (κ2) is 6.52. The molecule has 104 valence electrons. The highest BCUT2D eigenvalue weighted by Gasteiger charge is 2.08. The molecule has 0 atom stereocenters. The Morgan fingerprint density at radius 1 is 1.20 bits per heavy atom. The molecular formula is C15H12BrFO3. The summed E-state index contributed by atoms with van der Waals surface area (Å²) in [6, 6.07) is 9.44. The van der Waals surface area contributed by atoms with E-state index in [2.05, 4.69) is 15.9 Å². The van der Waals surface area contributed by atoms with Gasteiger partial charge in [0, 0.05) is 15.6 Å². The highest BCUT2D eigenvalue weighted by molar-refractivity contribution is 9.10. The van der Waals surface area contributed by atoms with Crippen LogP contribution >= 0.6 is 15.9 Å². The van der Waals surface area contributed by atoms with E-state index in [0.29, 0.717) is 16.9 Å². The number of hydrogen-bond acceptors (Lipinski definition) is 3. The van der Waals surface area contributed by atoms with Gasteiger partial charge in [-0.2, -0.15) is 0 Å². The van der Waals surface area contributed by atoms with Crippen molar-refractivity contribution in [1.82, 2.24) is 0 Å². The van der Waals surface area contributed by atoms with Gasteiger partial charge in [-0.05, 0) is 36.4 Å². The molecule has 0 saturated carbocycles. The first-order valence-electron chi connectivity index (χ1n) is 5.84. The quantitative estimate of drug-likeness (QED) is 0.773. The van der Waals surface area contributed by atoms with Gasteiger partial charge in [-0.15, -0.1) is 0 Å². The van der Waals surface area contributed by atoms with Crippen molar-refractivity contribution in [2.24, 2.45) is 0 Å². The van der Waals surface area contributed by atoms with Crippen molar-refractivity contribution in [3.63, 3.8) is 0 Å². The van der Waals surface area contributed by atoms with Crippen LogP contribution in [-0.2, 0) is 6.61 Å². The number of ether oxygens (including phenoxy) is 2. The van der Waals surface area contributed by atoms with Crippen molar-refractivity contribution in [3.05, 3.63) is 57.8 Å². The average Bonchev–Trinajstić information content (AvgIpc) is 2.47. The van der Waals surface area contributed by atoms with Crippen molar-refractivity contribution in [1.29, 1.82) is 0 Å². The Balaban J connectivity index is 2.21. The summed E-state index contributed by atoms with van der Waals surface area (Å²) in [4.78, 5) is 10.8. The molecule has 0 aliphatic rings. The van der Waals surface area contributed by atoms with Gasteiger partial charge in [0.2, 0.25) is 0 Å². The molecule has 2 aromatic carbocycles. The normalized spacial score (nSPS) is 10.2. The molecule has 2 aromatic rings. The number of halogens is 2. The van der Waals surface area contributed by atoms with Gasteiger partial charge < -0.3 is 9.47 Å². The summed E-state index contributed by atoms with van der Waals surface area (Å²) in [5, 5.41) is 0. The molecular weight excluding hydrogens is 327 g/mol. The fraction of sp³-hybridized carbons (Fsp3) is 0.133. The number of hydrogen-bond donors (Lipinski definition) is 0. The Morgan fingerprint density at radius 2 is 2.00 bits per heavy atom. The summed E-state index contributed by atoms with van der Waals surface area (Å²) >= 11 is 3.26. The van der Waals surface area contributed by atoms with E-state index in [1.807, 2.05) is 0 Å². The van der Waals surface area contributed by atoms with E-state index in [-0.39, 0.29) is 12.4 Å². The third-order valence-electron chi connectivity index (χ3n) is 2.72. The largest absolute Gasteiger partial charge is 0.496 e. The van der Waals surface area contributed by atoms with E-state index in [4.69, 9.17) is 9.47 Å². The molecule has 5 heteroatoms. The van der Waals surface area contributed by atoms with Gasteiger partial charge in [0.15, 0.2) is 11.6 Å². The van der Waals surface area contributed by atoms with Gasteiger partial charge in [-0.25, -0.2) is 4.39 Å². The minimum Gasteiger partial charge on any atom is -0.496 e. The van der Waals surface area contributed by atoms with Crippen molar-refractivity contribution in [3.8, 4) is 11.5 Å². The van der Waals surface area contributed by atoms with Crippen molar-refractivity contribution < 1.29 is 18.7 Å². The highest BCUT2D eigenvalue weighted by atomic mass is 79.9. The zero-order valence-corrected chi connectivity index (χ0v) is 12.3. The van der Waals surface area contributed by atoms with E-state index in [1.54, 1.807) is 30.3 Å². The van der Waals surface area contributed by atoms with Gasteiger partial charge in [0.05, 0.1) is 7.11 Å². The van der Waals surface area contributed by atoms with E-state index in [1.165, 1.54) is 13.2 Å². The van der Waals surface area contributed by atoms with Gasteiger partial charge >= 0.3 is 0 Å². The Labute approximate surface area is 124 Å². The lowest BCUT2D eigenvalue weighted by Gasteiger charge is -2.11. The summed E-state index contributed by atoms with van der Waals surface area (Å²) in [6.07, 6.45) is 0.739. The first-order valence-corrected chi connectivity index (χ1v) is 6.63. The zero-order valence-electron chi connectivity index (χ0n) is 10.7. The highest BCUT2D eigenvalue weighted by Crippen LogP contribution is 2.25. The van der Waals surface area contributed by atoms with Gasteiger partial charge in [0.1, 0.15) is 18.6 Å². The molecule has 0 aliphatic heterocycles. The number of rotatable bonds is 5. The van der Waals surface area contributed by atoms with E-state index in [0.717, 1.165) is 10.8 Å². The van der Waals surface area contributed by atoms with Crippen LogP contribution in [0.1, 0.15) is 15.9 Å². The number of methoxy groups -OCH3 is 1. The molecule has 0 unspecified atom stereocenters. The smallest absolute Gasteiger partial charge is 0.165 e. The fourth-order valence-electron chi connectivity index (χ4n) is 1.73. The van der Waals surface area contributed by atoms with Gasteiger partial charge in [0.25, 0.3) is 0 Å². The molecule has 0 amide bonds. The van der Waals surface area contributed by atoms with Crippen molar-refractivity contribution >= 4 is 22.2 Å². The van der Waals surface area contributed by atoms with Crippen molar-refractivity contribution in [2.45, 2.75) is 6.61 Å². The maximum Gasteiger partial charge on any atom is 0.165 e. The summed E-state index contributed by atoms with van der Waals surface area (Å²) in [5.41, 5.74) is 1.19. The number of benzene rings is 2. The minimum atomic E-state index is -0.446. The van der Waals surface area contributed by atoms with Gasteiger partial charge in [-0.1, -0.05) is 15.9 Å². The molecule has 2 rings (SSSR count). The zero-order chi connectivity index (χ0) is 14.5. The lowest BCUT2D eigenvalue weighted by molar-refractivity contribution is 0.112. The van der Waals surface area contributed by atoms with E-state index in [9.17, 15) is 9.18 Å². The third-order valence-corrected chi connectivity index (χ3v) is 3.21. The van der Waals surface area contributed by atoms with Crippen LogP contribution in [0.3, 0.4) is 0 Å². The summed E-state index contributed by atoms with van der Waals surface area (Å²) in [7, 11) is 1.53. The molecule has 0 saturated heterocycles. The Hall–Kier alpha value is -1.88. The topological polar surface area (TPSA) is 35.5 Å². The molecule has 0 aromatic heterocycles. The number of carbonyl (C=O) groups excluding carboxylic acids is 1. The molecule has 0 bridgehead atoms. The first-order chi connectivity index (χ1) is 9.63. The number of carbonyl (C=O) groups is 1. The number of aldehydes is 1. The standard InChI is InChI=1S/C15H12BrFO3/c1-19-14-5-2-10(8-18)6-11(14)9-20-15-7-12(16)3-4-13(15)17/h2-8H,9H2,1H3. The van der Waals surface area contributed by atoms with Crippen LogP contribution in [0, 0.1) is 5.82 Å². The average molecular weight is 339 g/mol. The van der Waals surface area contributed by atoms with Crippen LogP contribution in [0.5, 0.6) is 11.5 Å². The second-order valence-electron chi connectivity index (χ2n) is 4.05. The maximum absolute atomic E-state index is 13.6. The summed E-state index contributed by atoms with van der Waals surface area (Å²) in [5.74, 6) is 0.280. The summed E-state index contributed by atoms with van der Waals surface area (Å²) < 4.78 is 24.9. The molecule has 20 heavy (non-hydrogen) atoms. The lowest BCUT2D eigenvalue weighted by atomic mass is 10.1. The fourth-order valence-corrected chi connectivity index (χ4v) is 2.07. The third kappa shape index (κ3) is 3.36. The minimum absolute atomic E-state index is 0.109. The van der Waals surface area contributed by atoms with Crippen LogP contribution < -0.4 is 9.47 Å².